The van der Waals surface area contributed by atoms with Gasteiger partial charge in [-0.25, -0.2) is 0 Å². The fourth-order valence-corrected chi connectivity index (χ4v) is 0.976. The van der Waals surface area contributed by atoms with Crippen molar-refractivity contribution in [1.82, 2.24) is 0 Å². The molecule has 0 bridgehead atoms. The van der Waals surface area contributed by atoms with E-state index in [2.05, 4.69) is 5.32 Å². The Kier molecular flexibility index (Phi) is 2.96. The topological polar surface area (TPSA) is 96.0 Å². The van der Waals surface area contributed by atoms with E-state index in [0.29, 0.717) is 11.9 Å². The zero-order valence-electron chi connectivity index (χ0n) is 7.28. The van der Waals surface area contributed by atoms with Crippen LogP contribution in [-0.4, -0.2) is 18.0 Å². The van der Waals surface area contributed by atoms with Gasteiger partial charge in [-0.3, -0.25) is 9.59 Å². The van der Waals surface area contributed by atoms with Gasteiger partial charge in [-0.1, -0.05) is 12.1 Å². The lowest BCUT2D eigenvalue weighted by atomic mass is 10.1. The van der Waals surface area contributed by atoms with E-state index in [9.17, 15) is 9.59 Å². The highest BCUT2D eigenvalue weighted by Crippen LogP contribution is 2.13. The Morgan fingerprint density at radius 2 is 2.00 bits per heavy atom. The van der Waals surface area contributed by atoms with Crippen molar-refractivity contribution in [2.45, 2.75) is 0 Å². The molecule has 0 aromatic heterocycles. The molecule has 72 valence electrons. The highest BCUT2D eigenvalue weighted by molar-refractivity contribution is 6.31. The van der Waals surface area contributed by atoms with Crippen molar-refractivity contribution in [1.29, 1.82) is 5.41 Å². The highest BCUT2D eigenvalue weighted by Gasteiger charge is 2.07. The summed E-state index contributed by atoms with van der Waals surface area (Å²) in [5, 5.41) is 9.04. The summed E-state index contributed by atoms with van der Waals surface area (Å²) in [6.45, 7) is 0. The van der Waals surface area contributed by atoms with Crippen LogP contribution in [0, 0.1) is 5.41 Å². The summed E-state index contributed by atoms with van der Waals surface area (Å²) in [5.74, 6) is -1.22. The summed E-state index contributed by atoms with van der Waals surface area (Å²) >= 11 is 0. The molecule has 14 heavy (non-hydrogen) atoms. The molecule has 0 unspecified atom stereocenters. The van der Waals surface area contributed by atoms with Crippen LogP contribution in [0.5, 0.6) is 0 Å². The van der Waals surface area contributed by atoms with E-state index in [1.807, 2.05) is 0 Å². The van der Waals surface area contributed by atoms with E-state index in [1.54, 1.807) is 18.2 Å². The van der Waals surface area contributed by atoms with Crippen molar-refractivity contribution < 1.29 is 9.59 Å². The molecule has 0 radical (unpaired) electrons. The molecule has 0 saturated heterocycles. The van der Waals surface area contributed by atoms with E-state index in [1.165, 1.54) is 6.07 Å². The first kappa shape index (κ1) is 9.91. The number of primary amides is 1. The van der Waals surface area contributed by atoms with Crippen LogP contribution in [0.4, 0.5) is 5.69 Å². The zero-order chi connectivity index (χ0) is 10.6. The number of hydrogen-bond donors (Lipinski definition) is 3. The molecule has 0 aliphatic carbocycles. The number of carbonyl (C=O) groups excluding carboxylic acids is 2. The van der Waals surface area contributed by atoms with Gasteiger partial charge in [0.15, 0.2) is 0 Å². The molecular weight excluding hydrogens is 182 g/mol. The van der Waals surface area contributed by atoms with Gasteiger partial charge in [0.25, 0.3) is 11.8 Å². The van der Waals surface area contributed by atoms with Gasteiger partial charge in [-0.05, 0) is 12.1 Å². The van der Waals surface area contributed by atoms with Crippen LogP contribution in [0.15, 0.2) is 24.3 Å². The molecule has 1 aromatic carbocycles. The quantitative estimate of drug-likeness (QED) is 0.602. The van der Waals surface area contributed by atoms with Gasteiger partial charge in [-0.2, -0.15) is 0 Å². The number of nitrogens with two attached hydrogens (primary N) is 1. The molecule has 0 atom stereocenters. The number of carbonyl (C=O) groups is 2. The molecule has 4 N–H and O–H groups in total. The van der Waals surface area contributed by atoms with E-state index >= 15 is 0 Å². The van der Waals surface area contributed by atoms with Gasteiger partial charge in [0, 0.05) is 0 Å². The number of para-hydroxylation sites is 1. The normalized spacial score (nSPS) is 9.14. The third kappa shape index (κ3) is 2.16. The smallest absolute Gasteiger partial charge is 0.266 e. The van der Waals surface area contributed by atoms with Crippen molar-refractivity contribution in [3.05, 3.63) is 29.8 Å². The largest absolute Gasteiger partial charge is 0.366 e. The second-order valence-corrected chi connectivity index (χ2v) is 2.54. The van der Waals surface area contributed by atoms with Crippen LogP contribution >= 0.6 is 0 Å². The van der Waals surface area contributed by atoms with Crippen LogP contribution in [0.1, 0.15) is 10.4 Å². The molecule has 0 saturated carbocycles. The van der Waals surface area contributed by atoms with Crippen molar-refractivity contribution in [3.8, 4) is 0 Å². The molecule has 0 spiro atoms. The van der Waals surface area contributed by atoms with E-state index in [4.69, 9.17) is 11.1 Å². The molecule has 1 aromatic rings. The number of benzene rings is 1. The van der Waals surface area contributed by atoms with Crippen LogP contribution in [0.3, 0.4) is 0 Å². The standard InChI is InChI=1S/C9H9N3O2/c10-5-8(13)12-7-4-2-1-3-6(7)9(11)14/h1-5,10H,(H2,11,14)(H,12,13). The molecule has 2 amide bonds. The van der Waals surface area contributed by atoms with Crippen molar-refractivity contribution in [2.24, 2.45) is 5.73 Å². The van der Waals surface area contributed by atoms with Gasteiger partial charge < -0.3 is 16.5 Å². The summed E-state index contributed by atoms with van der Waals surface area (Å²) in [6.07, 6.45) is 0.623. The first-order valence-corrected chi connectivity index (χ1v) is 3.85. The summed E-state index contributed by atoms with van der Waals surface area (Å²) in [6, 6.07) is 6.34. The van der Waals surface area contributed by atoms with Crippen LogP contribution in [0.2, 0.25) is 0 Å². The Hall–Kier alpha value is -2.17. The monoisotopic (exact) mass is 191 g/mol. The van der Waals surface area contributed by atoms with Crippen LogP contribution in [0.25, 0.3) is 0 Å². The minimum atomic E-state index is -0.620. The van der Waals surface area contributed by atoms with Gasteiger partial charge >= 0.3 is 0 Å². The van der Waals surface area contributed by atoms with Gasteiger partial charge in [0.05, 0.1) is 17.5 Å². The van der Waals surface area contributed by atoms with Gasteiger partial charge in [-0.15, -0.1) is 0 Å². The molecule has 5 heteroatoms. The minimum Gasteiger partial charge on any atom is -0.366 e. The molecule has 1 rings (SSSR count). The second-order valence-electron chi connectivity index (χ2n) is 2.54. The molecule has 0 heterocycles. The number of anilines is 1. The molecule has 5 nitrogen and oxygen atoms in total. The predicted octanol–water partition coefficient (Wildman–Crippen LogP) is 0.374. The average molecular weight is 191 g/mol. The number of amides is 2. The van der Waals surface area contributed by atoms with Crippen molar-refractivity contribution in [3.63, 3.8) is 0 Å². The van der Waals surface area contributed by atoms with Gasteiger partial charge in [0.1, 0.15) is 0 Å². The fourth-order valence-electron chi connectivity index (χ4n) is 0.976. The average Bonchev–Trinajstić information content (AvgIpc) is 2.18. The lowest BCUT2D eigenvalue weighted by Crippen LogP contribution is -2.18. The Morgan fingerprint density at radius 1 is 1.36 bits per heavy atom. The fraction of sp³-hybridized carbons (Fsp3) is 0. The minimum absolute atomic E-state index is 0.225. The Bertz CT molecular complexity index is 387. The first-order chi connectivity index (χ1) is 6.65. The summed E-state index contributed by atoms with van der Waals surface area (Å²) < 4.78 is 0. The third-order valence-electron chi connectivity index (χ3n) is 1.58. The lowest BCUT2D eigenvalue weighted by molar-refractivity contribution is -0.110. The number of nitrogens with one attached hydrogen (secondary N) is 2. The molecular formula is C9H9N3O2. The SMILES string of the molecule is N=CC(=O)Nc1ccccc1C(N)=O. The molecule has 0 aliphatic rings. The van der Waals surface area contributed by atoms with Crippen molar-refractivity contribution in [2.75, 3.05) is 5.32 Å². The molecule has 0 fully saturated rings. The molecule has 0 aliphatic heterocycles. The predicted molar refractivity (Wildman–Crippen MR) is 52.4 cm³/mol. The summed E-state index contributed by atoms with van der Waals surface area (Å²) in [5.41, 5.74) is 5.62. The van der Waals surface area contributed by atoms with Crippen LogP contribution in [-0.2, 0) is 4.79 Å². The first-order valence-electron chi connectivity index (χ1n) is 3.85. The maximum atomic E-state index is 10.9. The number of hydrogen-bond acceptors (Lipinski definition) is 3. The zero-order valence-corrected chi connectivity index (χ0v) is 7.28. The van der Waals surface area contributed by atoms with E-state index < -0.39 is 11.8 Å². The Labute approximate surface area is 80.4 Å². The van der Waals surface area contributed by atoms with E-state index in [-0.39, 0.29) is 5.56 Å². The third-order valence-corrected chi connectivity index (χ3v) is 1.58. The maximum Gasteiger partial charge on any atom is 0.266 e. The number of rotatable bonds is 3. The van der Waals surface area contributed by atoms with Crippen molar-refractivity contribution >= 4 is 23.7 Å². The van der Waals surface area contributed by atoms with Crippen LogP contribution < -0.4 is 11.1 Å². The second kappa shape index (κ2) is 4.18. The maximum absolute atomic E-state index is 10.9. The Balaban J connectivity index is 3.01. The highest BCUT2D eigenvalue weighted by atomic mass is 16.2. The Morgan fingerprint density at radius 3 is 2.57 bits per heavy atom. The lowest BCUT2D eigenvalue weighted by Gasteiger charge is -2.05. The van der Waals surface area contributed by atoms with E-state index in [0.717, 1.165) is 0 Å². The summed E-state index contributed by atoms with van der Waals surface area (Å²) in [4.78, 5) is 21.8. The van der Waals surface area contributed by atoms with Gasteiger partial charge in [0.2, 0.25) is 0 Å². The summed E-state index contributed by atoms with van der Waals surface area (Å²) in [7, 11) is 0.